The Hall–Kier alpha value is -2.93. The Bertz CT molecular complexity index is 1010. The molecule has 0 saturated carbocycles. The third-order valence-corrected chi connectivity index (χ3v) is 6.30. The van der Waals surface area contributed by atoms with Gasteiger partial charge in [-0.25, -0.2) is 0 Å². The van der Waals surface area contributed by atoms with Crippen molar-refractivity contribution in [3.63, 3.8) is 0 Å². The topological polar surface area (TPSA) is 71.1 Å². The number of likely N-dealkylation sites (tertiary alicyclic amines) is 1. The normalized spacial score (nSPS) is 17.9. The maximum atomic E-state index is 13.1. The number of amides is 2. The summed E-state index contributed by atoms with van der Waals surface area (Å²) in [5.74, 6) is 0.877. The second-order valence-corrected chi connectivity index (χ2v) is 8.60. The number of fused-ring (bicyclic) bond motifs is 1. The molecule has 7 nitrogen and oxygen atoms in total. The van der Waals surface area contributed by atoms with Crippen molar-refractivity contribution in [1.82, 2.24) is 4.90 Å². The molecule has 1 N–H and O–H groups in total. The number of piperidine rings is 1. The van der Waals surface area contributed by atoms with Crippen molar-refractivity contribution in [1.29, 1.82) is 0 Å². The van der Waals surface area contributed by atoms with E-state index in [-0.39, 0.29) is 18.4 Å². The highest BCUT2D eigenvalue weighted by Crippen LogP contribution is 2.34. The van der Waals surface area contributed by atoms with Crippen LogP contribution in [0.15, 0.2) is 36.4 Å². The number of carbonyl (C=O) groups excluding carboxylic acids is 2. The summed E-state index contributed by atoms with van der Waals surface area (Å²) < 4.78 is 11.4. The predicted molar refractivity (Wildman–Crippen MR) is 125 cm³/mol. The van der Waals surface area contributed by atoms with Crippen LogP contribution in [0, 0.1) is 6.92 Å². The predicted octanol–water partition coefficient (Wildman–Crippen LogP) is 3.88. The first-order chi connectivity index (χ1) is 15.5. The molecule has 8 heteroatoms. The van der Waals surface area contributed by atoms with Gasteiger partial charge in [-0.15, -0.1) is 0 Å². The van der Waals surface area contributed by atoms with E-state index in [1.807, 2.05) is 41.0 Å². The molecule has 0 aromatic heterocycles. The van der Waals surface area contributed by atoms with Crippen LogP contribution in [0.3, 0.4) is 0 Å². The lowest BCUT2D eigenvalue weighted by atomic mass is 10.1. The van der Waals surface area contributed by atoms with Gasteiger partial charge in [0.1, 0.15) is 11.5 Å². The monoisotopic (exact) mass is 457 g/mol. The van der Waals surface area contributed by atoms with E-state index in [2.05, 4.69) is 5.32 Å². The van der Waals surface area contributed by atoms with E-state index in [1.54, 1.807) is 12.1 Å². The van der Waals surface area contributed by atoms with Crippen LogP contribution in [-0.4, -0.2) is 56.1 Å². The first-order valence-electron chi connectivity index (χ1n) is 10.9. The van der Waals surface area contributed by atoms with Gasteiger partial charge < -0.3 is 24.6 Å². The first kappa shape index (κ1) is 22.3. The van der Waals surface area contributed by atoms with Gasteiger partial charge in [-0.2, -0.15) is 0 Å². The van der Waals surface area contributed by atoms with E-state index in [0.29, 0.717) is 28.8 Å². The summed E-state index contributed by atoms with van der Waals surface area (Å²) in [4.78, 5) is 29.8. The van der Waals surface area contributed by atoms with Crippen LogP contribution in [0.2, 0.25) is 5.02 Å². The molecular weight excluding hydrogens is 430 g/mol. The van der Waals surface area contributed by atoms with Crippen molar-refractivity contribution in [2.45, 2.75) is 32.3 Å². The summed E-state index contributed by atoms with van der Waals surface area (Å²) in [6.45, 7) is 3.78. The van der Waals surface area contributed by atoms with Crippen LogP contribution in [0.1, 0.15) is 24.8 Å². The number of ether oxygens (including phenoxy) is 2. The van der Waals surface area contributed by atoms with Crippen molar-refractivity contribution in [3.05, 3.63) is 47.0 Å². The minimum Gasteiger partial charge on any atom is -0.495 e. The summed E-state index contributed by atoms with van der Waals surface area (Å²) in [6.07, 6.45) is 2.55. The summed E-state index contributed by atoms with van der Waals surface area (Å²) in [7, 11) is 1.53. The molecule has 170 valence electrons. The van der Waals surface area contributed by atoms with Crippen LogP contribution in [-0.2, 0) is 9.59 Å². The van der Waals surface area contributed by atoms with E-state index < -0.39 is 6.10 Å². The van der Waals surface area contributed by atoms with Gasteiger partial charge in [0.15, 0.2) is 6.10 Å². The Morgan fingerprint density at radius 3 is 2.69 bits per heavy atom. The Morgan fingerprint density at radius 2 is 1.94 bits per heavy atom. The molecule has 2 aliphatic rings. The number of hydrogen-bond donors (Lipinski definition) is 1. The van der Waals surface area contributed by atoms with Gasteiger partial charge in [0.2, 0.25) is 5.91 Å². The van der Waals surface area contributed by atoms with Gasteiger partial charge in [-0.3, -0.25) is 9.59 Å². The molecule has 2 amide bonds. The number of nitrogens with zero attached hydrogens (tertiary/aromatic N) is 2. The van der Waals surface area contributed by atoms with Gasteiger partial charge in [-0.1, -0.05) is 23.7 Å². The summed E-state index contributed by atoms with van der Waals surface area (Å²) in [5, 5.41) is 3.49. The largest absolute Gasteiger partial charge is 0.495 e. The number of nitrogens with one attached hydrogen (secondary N) is 1. The van der Waals surface area contributed by atoms with Gasteiger partial charge >= 0.3 is 0 Å². The maximum Gasteiger partial charge on any atom is 0.265 e. The molecule has 4 rings (SSSR count). The fourth-order valence-corrected chi connectivity index (χ4v) is 4.35. The zero-order chi connectivity index (χ0) is 22.7. The molecule has 2 aromatic carbocycles. The molecule has 2 heterocycles. The number of halogens is 1. The van der Waals surface area contributed by atoms with Crippen molar-refractivity contribution in [2.24, 2.45) is 0 Å². The van der Waals surface area contributed by atoms with E-state index >= 15 is 0 Å². The molecule has 0 bridgehead atoms. The summed E-state index contributed by atoms with van der Waals surface area (Å²) in [5.41, 5.74) is 2.19. The van der Waals surface area contributed by atoms with Crippen LogP contribution in [0.5, 0.6) is 11.5 Å². The van der Waals surface area contributed by atoms with E-state index in [1.165, 1.54) is 7.11 Å². The highest BCUT2D eigenvalue weighted by molar-refractivity contribution is 6.31. The van der Waals surface area contributed by atoms with Crippen LogP contribution < -0.4 is 19.7 Å². The molecule has 0 spiro atoms. The zero-order valence-corrected chi connectivity index (χ0v) is 19.2. The van der Waals surface area contributed by atoms with E-state index in [9.17, 15) is 9.59 Å². The third-order valence-electron chi connectivity index (χ3n) is 5.89. The average molecular weight is 458 g/mol. The number of methoxy groups -OCH3 is 1. The number of rotatable bonds is 5. The zero-order valence-electron chi connectivity index (χ0n) is 18.4. The van der Waals surface area contributed by atoms with Gasteiger partial charge in [0.05, 0.1) is 31.6 Å². The first-order valence-corrected chi connectivity index (χ1v) is 11.3. The number of aryl methyl sites for hydroxylation is 1. The highest BCUT2D eigenvalue weighted by Gasteiger charge is 2.34. The lowest BCUT2D eigenvalue weighted by molar-refractivity contribution is -0.139. The number of para-hydroxylation sites is 2. The summed E-state index contributed by atoms with van der Waals surface area (Å²) >= 11 is 6.17. The Morgan fingerprint density at radius 1 is 1.19 bits per heavy atom. The smallest absolute Gasteiger partial charge is 0.265 e. The molecule has 1 atom stereocenters. The van der Waals surface area contributed by atoms with Crippen molar-refractivity contribution in [2.75, 3.05) is 43.5 Å². The number of benzene rings is 2. The molecule has 1 fully saturated rings. The Kier molecular flexibility index (Phi) is 6.74. The SMILES string of the molecule is COc1cc(Cl)c(C)cc1NC(=O)CN1C[C@H](C(=O)N2CCCCC2)Oc2ccccc21. The number of carbonyl (C=O) groups is 2. The molecular formula is C24H28ClN3O4. The molecule has 32 heavy (non-hydrogen) atoms. The van der Waals surface area contributed by atoms with Crippen LogP contribution in [0.4, 0.5) is 11.4 Å². The molecule has 2 aliphatic heterocycles. The number of hydrogen-bond acceptors (Lipinski definition) is 5. The quantitative estimate of drug-likeness (QED) is 0.737. The fourth-order valence-electron chi connectivity index (χ4n) is 4.20. The minimum atomic E-state index is -0.636. The van der Waals surface area contributed by atoms with Crippen molar-refractivity contribution < 1.29 is 19.1 Å². The molecule has 2 aromatic rings. The second kappa shape index (κ2) is 9.69. The van der Waals surface area contributed by atoms with E-state index in [4.69, 9.17) is 21.1 Å². The molecule has 1 saturated heterocycles. The standard InChI is InChI=1S/C24H28ClN3O4/c1-16-12-18(21(31-2)13-17(16)25)26-23(29)15-28-14-22(24(30)27-10-6-3-7-11-27)32-20-9-5-4-8-19(20)28/h4-5,8-9,12-13,22H,3,6-7,10-11,14-15H2,1-2H3,(H,26,29)/t22-/m1/s1. The van der Waals surface area contributed by atoms with Crippen LogP contribution >= 0.6 is 11.6 Å². The highest BCUT2D eigenvalue weighted by atomic mass is 35.5. The molecule has 0 unspecified atom stereocenters. The maximum absolute atomic E-state index is 13.1. The summed E-state index contributed by atoms with van der Waals surface area (Å²) in [6, 6.07) is 11.0. The molecule has 0 radical (unpaired) electrons. The van der Waals surface area contributed by atoms with Gasteiger partial charge in [-0.05, 0) is 49.9 Å². The average Bonchev–Trinajstić information content (AvgIpc) is 2.81. The lowest BCUT2D eigenvalue weighted by Gasteiger charge is -2.38. The van der Waals surface area contributed by atoms with Gasteiger partial charge in [0, 0.05) is 24.2 Å². The van der Waals surface area contributed by atoms with Crippen LogP contribution in [0.25, 0.3) is 0 Å². The van der Waals surface area contributed by atoms with Crippen molar-refractivity contribution >= 4 is 34.8 Å². The third kappa shape index (κ3) is 4.78. The fraction of sp³-hybridized carbons (Fsp3) is 0.417. The second-order valence-electron chi connectivity index (χ2n) is 8.19. The molecule has 0 aliphatic carbocycles. The number of anilines is 2. The van der Waals surface area contributed by atoms with Gasteiger partial charge in [0.25, 0.3) is 5.91 Å². The lowest BCUT2D eigenvalue weighted by Crippen LogP contribution is -2.52. The minimum absolute atomic E-state index is 0.0143. The van der Waals surface area contributed by atoms with Crippen molar-refractivity contribution in [3.8, 4) is 11.5 Å². The Labute approximate surface area is 193 Å². The van der Waals surface area contributed by atoms with E-state index in [0.717, 1.165) is 43.6 Å². The Balaban J connectivity index is 1.51.